The van der Waals surface area contributed by atoms with E-state index in [-0.39, 0.29) is 35.2 Å². The fraction of sp³-hybridized carbons (Fsp3) is 0.190. The van der Waals surface area contributed by atoms with Gasteiger partial charge in [-0.2, -0.15) is 0 Å². The van der Waals surface area contributed by atoms with Gasteiger partial charge >= 0.3 is 12.3 Å². The lowest BCUT2D eigenvalue weighted by atomic mass is 10.1. The van der Waals surface area contributed by atoms with E-state index in [9.17, 15) is 26.7 Å². The molecule has 0 fully saturated rings. The highest BCUT2D eigenvalue weighted by molar-refractivity contribution is 5.97. The molecule has 32 heavy (non-hydrogen) atoms. The van der Waals surface area contributed by atoms with Gasteiger partial charge in [0.2, 0.25) is 0 Å². The maximum absolute atomic E-state index is 14.2. The van der Waals surface area contributed by atoms with E-state index in [1.165, 1.54) is 25.1 Å². The molecule has 11 heteroatoms. The third-order valence-electron chi connectivity index (χ3n) is 4.11. The van der Waals surface area contributed by atoms with Crippen LogP contribution in [0.4, 0.5) is 33.5 Å². The van der Waals surface area contributed by atoms with Crippen molar-refractivity contribution in [1.82, 2.24) is 9.97 Å². The Morgan fingerprint density at radius 1 is 1.03 bits per heavy atom. The molecule has 3 aromatic rings. The molecule has 0 bridgehead atoms. The van der Waals surface area contributed by atoms with Crippen LogP contribution >= 0.6 is 0 Å². The molecular formula is C21H16F5N3O3. The van der Waals surface area contributed by atoms with Crippen LogP contribution in [-0.4, -0.2) is 28.9 Å². The van der Waals surface area contributed by atoms with Crippen molar-refractivity contribution in [2.24, 2.45) is 0 Å². The Labute approximate surface area is 179 Å². The van der Waals surface area contributed by atoms with Gasteiger partial charge in [-0.05, 0) is 50.2 Å². The van der Waals surface area contributed by atoms with E-state index >= 15 is 0 Å². The monoisotopic (exact) mass is 453 g/mol. The number of aryl methyl sites for hydroxylation is 1. The summed E-state index contributed by atoms with van der Waals surface area (Å²) < 4.78 is 74.4. The molecule has 1 aromatic heterocycles. The predicted octanol–water partition coefficient (Wildman–Crippen LogP) is 5.55. The van der Waals surface area contributed by atoms with Crippen LogP contribution in [0, 0.1) is 18.6 Å². The topological polar surface area (TPSA) is 73.3 Å². The molecule has 1 heterocycles. The summed E-state index contributed by atoms with van der Waals surface area (Å²) in [6.45, 7) is 3.07. The highest BCUT2D eigenvalue weighted by atomic mass is 19.4. The number of benzene rings is 2. The second-order valence-electron chi connectivity index (χ2n) is 6.37. The fourth-order valence-corrected chi connectivity index (χ4v) is 2.81. The van der Waals surface area contributed by atoms with Gasteiger partial charge in [-0.25, -0.2) is 23.5 Å². The van der Waals surface area contributed by atoms with Crippen LogP contribution < -0.4 is 10.1 Å². The largest absolute Gasteiger partial charge is 0.573 e. The molecule has 1 N–H and O–H groups in total. The number of ether oxygens (including phenoxy) is 2. The van der Waals surface area contributed by atoms with E-state index in [4.69, 9.17) is 4.74 Å². The van der Waals surface area contributed by atoms with E-state index in [2.05, 4.69) is 20.0 Å². The highest BCUT2D eigenvalue weighted by Crippen LogP contribution is 2.30. The second-order valence-corrected chi connectivity index (χ2v) is 6.37. The Balaban J connectivity index is 2.05. The van der Waals surface area contributed by atoms with Crippen molar-refractivity contribution in [3.63, 3.8) is 0 Å². The number of anilines is 2. The number of rotatable bonds is 6. The minimum absolute atomic E-state index is 0.0465. The van der Waals surface area contributed by atoms with Gasteiger partial charge in [0, 0.05) is 5.69 Å². The quantitative estimate of drug-likeness (QED) is 0.390. The fourth-order valence-electron chi connectivity index (χ4n) is 2.81. The van der Waals surface area contributed by atoms with Crippen LogP contribution in [0.1, 0.15) is 23.0 Å². The SMILES string of the molecule is CCOC(=O)c1c(C)nc(-c2c(F)cccc2F)nc1Nc1ccc(OC(F)(F)F)cc1. The first-order chi connectivity index (χ1) is 15.1. The Morgan fingerprint density at radius 2 is 1.66 bits per heavy atom. The average molecular weight is 453 g/mol. The molecule has 168 valence electrons. The molecule has 0 aliphatic rings. The number of hydrogen-bond donors (Lipinski definition) is 1. The van der Waals surface area contributed by atoms with E-state index in [1.54, 1.807) is 6.92 Å². The number of alkyl halides is 3. The minimum Gasteiger partial charge on any atom is -0.462 e. The molecule has 0 aliphatic carbocycles. The zero-order chi connectivity index (χ0) is 23.5. The molecular weight excluding hydrogens is 437 g/mol. The van der Waals surface area contributed by atoms with Gasteiger partial charge in [0.05, 0.1) is 17.9 Å². The van der Waals surface area contributed by atoms with E-state index in [0.717, 1.165) is 24.3 Å². The van der Waals surface area contributed by atoms with Crippen molar-refractivity contribution in [3.05, 3.63) is 65.4 Å². The van der Waals surface area contributed by atoms with Crippen molar-refractivity contribution in [3.8, 4) is 17.1 Å². The predicted molar refractivity (Wildman–Crippen MR) is 104 cm³/mol. The molecule has 0 aliphatic heterocycles. The van der Waals surface area contributed by atoms with Crippen molar-refractivity contribution in [1.29, 1.82) is 0 Å². The third kappa shape index (κ3) is 5.29. The van der Waals surface area contributed by atoms with Gasteiger partial charge in [0.15, 0.2) is 5.82 Å². The maximum Gasteiger partial charge on any atom is 0.573 e. The third-order valence-corrected chi connectivity index (χ3v) is 4.11. The summed E-state index contributed by atoms with van der Waals surface area (Å²) in [6.07, 6.45) is -4.85. The van der Waals surface area contributed by atoms with Gasteiger partial charge in [-0.15, -0.1) is 13.2 Å². The molecule has 0 amide bonds. The molecule has 0 spiro atoms. The first-order valence-corrected chi connectivity index (χ1v) is 9.22. The summed E-state index contributed by atoms with van der Waals surface area (Å²) in [5.74, 6) is -3.53. The van der Waals surface area contributed by atoms with Gasteiger partial charge in [-0.3, -0.25) is 0 Å². The van der Waals surface area contributed by atoms with E-state index in [0.29, 0.717) is 0 Å². The summed E-state index contributed by atoms with van der Waals surface area (Å²) in [7, 11) is 0. The van der Waals surface area contributed by atoms with E-state index in [1.807, 2.05) is 0 Å². The van der Waals surface area contributed by atoms with Crippen LogP contribution in [0.25, 0.3) is 11.4 Å². The first kappa shape index (κ1) is 22.9. The average Bonchev–Trinajstić information content (AvgIpc) is 2.68. The van der Waals surface area contributed by atoms with Gasteiger partial charge < -0.3 is 14.8 Å². The molecule has 0 saturated heterocycles. The van der Waals surface area contributed by atoms with Gasteiger partial charge in [0.1, 0.15) is 28.8 Å². The number of nitrogens with one attached hydrogen (secondary N) is 1. The second kappa shape index (κ2) is 9.16. The van der Waals surface area contributed by atoms with Crippen LogP contribution in [0.5, 0.6) is 5.75 Å². The highest BCUT2D eigenvalue weighted by Gasteiger charge is 2.31. The van der Waals surface area contributed by atoms with Crippen molar-refractivity contribution in [2.75, 3.05) is 11.9 Å². The number of carbonyl (C=O) groups is 1. The van der Waals surface area contributed by atoms with Crippen molar-refractivity contribution in [2.45, 2.75) is 20.2 Å². The molecule has 0 saturated carbocycles. The number of hydrogen-bond acceptors (Lipinski definition) is 6. The summed E-state index contributed by atoms with van der Waals surface area (Å²) in [4.78, 5) is 20.6. The normalized spacial score (nSPS) is 11.2. The Bertz CT molecular complexity index is 1110. The summed E-state index contributed by atoms with van der Waals surface area (Å²) >= 11 is 0. The van der Waals surface area contributed by atoms with Crippen LogP contribution in [0.2, 0.25) is 0 Å². The lowest BCUT2D eigenvalue weighted by Gasteiger charge is -2.15. The Morgan fingerprint density at radius 3 is 2.22 bits per heavy atom. The summed E-state index contributed by atoms with van der Waals surface area (Å²) in [6, 6.07) is 7.83. The Hall–Kier alpha value is -3.76. The van der Waals surface area contributed by atoms with Gasteiger partial charge in [0.25, 0.3) is 0 Å². The number of carbonyl (C=O) groups excluding carboxylic acids is 1. The number of esters is 1. The molecule has 6 nitrogen and oxygen atoms in total. The van der Waals surface area contributed by atoms with Crippen molar-refractivity contribution < 1.29 is 36.2 Å². The minimum atomic E-state index is -4.85. The number of nitrogens with zero attached hydrogens (tertiary/aromatic N) is 2. The summed E-state index contributed by atoms with van der Waals surface area (Å²) in [5, 5.41) is 2.76. The van der Waals surface area contributed by atoms with Gasteiger partial charge in [-0.1, -0.05) is 6.07 Å². The zero-order valence-electron chi connectivity index (χ0n) is 16.8. The number of halogens is 5. The van der Waals surface area contributed by atoms with Crippen LogP contribution in [0.15, 0.2) is 42.5 Å². The number of aromatic nitrogens is 2. The van der Waals surface area contributed by atoms with Crippen LogP contribution in [0.3, 0.4) is 0 Å². The lowest BCUT2D eigenvalue weighted by Crippen LogP contribution is -2.17. The van der Waals surface area contributed by atoms with Crippen molar-refractivity contribution >= 4 is 17.5 Å². The first-order valence-electron chi connectivity index (χ1n) is 9.22. The molecule has 0 unspecified atom stereocenters. The molecule has 2 aromatic carbocycles. The Kier molecular flexibility index (Phi) is 6.56. The smallest absolute Gasteiger partial charge is 0.462 e. The van der Waals surface area contributed by atoms with Crippen LogP contribution in [-0.2, 0) is 4.74 Å². The molecule has 0 radical (unpaired) electrons. The lowest BCUT2D eigenvalue weighted by molar-refractivity contribution is -0.274. The van der Waals surface area contributed by atoms with E-state index < -0.39 is 35.3 Å². The maximum atomic E-state index is 14.2. The standard InChI is InChI=1S/C21H16F5N3O3/c1-3-31-20(30)16-11(2)27-19(17-14(22)5-4-6-15(17)23)29-18(16)28-12-7-9-13(10-8-12)32-21(24,25)26/h4-10H,3H2,1-2H3,(H,27,28,29). The molecule has 0 atom stereocenters. The summed E-state index contributed by atoms with van der Waals surface area (Å²) in [5.41, 5.74) is -0.287. The zero-order valence-corrected chi connectivity index (χ0v) is 16.8. The molecule has 3 rings (SSSR count).